The first-order valence-corrected chi connectivity index (χ1v) is 16.1. The molecule has 5 rings (SSSR count). The van der Waals surface area contributed by atoms with Gasteiger partial charge in [0.05, 0.1) is 24.4 Å². The van der Waals surface area contributed by atoms with Crippen molar-refractivity contribution in [2.24, 2.45) is 0 Å². The molecule has 0 bridgehead atoms. The van der Waals surface area contributed by atoms with Gasteiger partial charge >= 0.3 is 5.97 Å². The Balaban J connectivity index is 1.22. The van der Waals surface area contributed by atoms with Crippen LogP contribution in [0.5, 0.6) is 0 Å². The van der Waals surface area contributed by atoms with E-state index >= 15 is 0 Å². The van der Waals surface area contributed by atoms with E-state index in [1.807, 2.05) is 26.8 Å². The van der Waals surface area contributed by atoms with Gasteiger partial charge < -0.3 is 24.3 Å². The summed E-state index contributed by atoms with van der Waals surface area (Å²) in [6.07, 6.45) is 6.86. The van der Waals surface area contributed by atoms with Crippen LogP contribution in [0.3, 0.4) is 0 Å². The zero-order valence-electron chi connectivity index (χ0n) is 27.0. The number of anilines is 1. The molecule has 3 aliphatic heterocycles. The van der Waals surface area contributed by atoms with Crippen molar-refractivity contribution >= 4 is 11.8 Å². The predicted molar refractivity (Wildman–Crippen MR) is 168 cm³/mol. The molecule has 0 spiro atoms. The maximum absolute atomic E-state index is 13.8. The lowest BCUT2D eigenvalue weighted by Crippen LogP contribution is -2.44. The number of hydrogen-bond acceptors (Lipinski definition) is 8. The molecule has 1 N–H and O–H groups in total. The Kier molecular flexibility index (Phi) is 10.1. The third-order valence-corrected chi connectivity index (χ3v) is 9.04. The van der Waals surface area contributed by atoms with Crippen LogP contribution in [0.15, 0.2) is 30.3 Å². The van der Waals surface area contributed by atoms with Crippen LogP contribution in [0.25, 0.3) is 0 Å². The molecule has 8 heteroatoms. The molecule has 0 amide bonds. The summed E-state index contributed by atoms with van der Waals surface area (Å²) >= 11 is 0. The molecule has 236 valence electrons. The lowest BCUT2D eigenvalue weighted by molar-refractivity contribution is -0.161. The van der Waals surface area contributed by atoms with E-state index in [0.29, 0.717) is 26.2 Å². The molecule has 1 aromatic carbocycles. The number of likely N-dealkylation sites (tertiary alicyclic amines) is 1. The van der Waals surface area contributed by atoms with Crippen molar-refractivity contribution in [2.75, 3.05) is 38.7 Å². The summed E-state index contributed by atoms with van der Waals surface area (Å²) in [5, 5.41) is 3.43. The molecule has 1 aromatic heterocycles. The first-order chi connectivity index (χ1) is 20.5. The number of carbonyl (C=O) groups excluding carboxylic acids is 1. The molecule has 1 saturated heterocycles. The Morgan fingerprint density at radius 3 is 2.77 bits per heavy atom. The molecule has 4 heterocycles. The van der Waals surface area contributed by atoms with Crippen LogP contribution in [0, 0.1) is 0 Å². The summed E-state index contributed by atoms with van der Waals surface area (Å²) in [6, 6.07) is 10.1. The SMILES string of the molecule is COC(C)(C)C1Cc2c(cccc2C(C(=O)OC(C)(C)C)N2CCC(OCCCCc3ccc4c(n3)NCCC4)C2)CO1. The molecule has 1 fully saturated rings. The van der Waals surface area contributed by atoms with E-state index in [0.717, 1.165) is 67.8 Å². The van der Waals surface area contributed by atoms with Crippen molar-refractivity contribution in [1.82, 2.24) is 9.88 Å². The predicted octanol–water partition coefficient (Wildman–Crippen LogP) is 5.80. The number of ether oxygens (including phenoxy) is 4. The minimum absolute atomic E-state index is 0.0963. The van der Waals surface area contributed by atoms with Crippen LogP contribution in [-0.4, -0.2) is 72.6 Å². The number of benzene rings is 1. The standard InChI is InChI=1S/C35H51N3O5/c1-34(2,3)43-33(39)31(28-14-9-11-25-23-42-30(21-29(25)28)35(4,5)40-6)38-19-17-27(22-38)41-20-8-7-13-26-16-15-24-12-10-18-36-32(24)37-26/h9,11,14-16,27,30-31H,7-8,10,12-13,17-23H2,1-6H3,(H,36,37). The zero-order valence-corrected chi connectivity index (χ0v) is 27.0. The number of methoxy groups -OCH3 is 1. The quantitative estimate of drug-likeness (QED) is 0.259. The van der Waals surface area contributed by atoms with Gasteiger partial charge in [0, 0.05) is 45.5 Å². The van der Waals surface area contributed by atoms with Crippen LogP contribution in [0.2, 0.25) is 0 Å². The molecule has 3 atom stereocenters. The lowest BCUT2D eigenvalue weighted by atomic mass is 9.85. The fraction of sp³-hybridized carbons (Fsp3) is 0.657. The lowest BCUT2D eigenvalue weighted by Gasteiger charge is -2.38. The summed E-state index contributed by atoms with van der Waals surface area (Å²) in [5.74, 6) is 0.860. The largest absolute Gasteiger partial charge is 0.459 e. The van der Waals surface area contributed by atoms with E-state index in [1.54, 1.807) is 7.11 Å². The van der Waals surface area contributed by atoms with Crippen LogP contribution in [0.1, 0.15) is 94.3 Å². The highest BCUT2D eigenvalue weighted by molar-refractivity contribution is 5.79. The van der Waals surface area contributed by atoms with Crippen molar-refractivity contribution < 1.29 is 23.7 Å². The van der Waals surface area contributed by atoms with Gasteiger partial charge in [-0.15, -0.1) is 0 Å². The first-order valence-electron chi connectivity index (χ1n) is 16.1. The number of rotatable bonds is 11. The Morgan fingerprint density at radius 2 is 1.98 bits per heavy atom. The Morgan fingerprint density at radius 1 is 1.14 bits per heavy atom. The van der Waals surface area contributed by atoms with Gasteiger partial charge in [-0.2, -0.15) is 0 Å². The molecule has 3 aliphatic rings. The number of pyridine rings is 1. The normalized spacial score (nSPS) is 21.5. The number of aromatic nitrogens is 1. The van der Waals surface area contributed by atoms with E-state index in [9.17, 15) is 4.79 Å². The van der Waals surface area contributed by atoms with Crippen LogP contribution < -0.4 is 5.32 Å². The van der Waals surface area contributed by atoms with Crippen molar-refractivity contribution in [1.29, 1.82) is 0 Å². The van der Waals surface area contributed by atoms with Crippen molar-refractivity contribution in [3.63, 3.8) is 0 Å². The maximum Gasteiger partial charge on any atom is 0.328 e. The number of esters is 1. The average Bonchev–Trinajstić information content (AvgIpc) is 3.44. The second kappa shape index (κ2) is 13.6. The zero-order chi connectivity index (χ0) is 30.6. The Bertz CT molecular complexity index is 1260. The van der Waals surface area contributed by atoms with E-state index in [-0.39, 0.29) is 18.2 Å². The van der Waals surface area contributed by atoms with Gasteiger partial charge in [-0.05, 0) is 101 Å². The minimum atomic E-state index is -0.577. The molecule has 43 heavy (non-hydrogen) atoms. The van der Waals surface area contributed by atoms with Gasteiger partial charge in [-0.3, -0.25) is 4.90 Å². The highest BCUT2D eigenvalue weighted by Crippen LogP contribution is 2.37. The second-order valence-electron chi connectivity index (χ2n) is 13.8. The van der Waals surface area contributed by atoms with Gasteiger partial charge in [-0.25, -0.2) is 9.78 Å². The van der Waals surface area contributed by atoms with Crippen molar-refractivity contribution in [3.05, 3.63) is 58.3 Å². The van der Waals surface area contributed by atoms with Gasteiger partial charge in [0.2, 0.25) is 0 Å². The Hall–Kier alpha value is -2.52. The number of hydrogen-bond donors (Lipinski definition) is 1. The van der Waals surface area contributed by atoms with Gasteiger partial charge in [-0.1, -0.05) is 24.3 Å². The molecular formula is C35H51N3O5. The molecule has 0 aliphatic carbocycles. The molecule has 3 unspecified atom stereocenters. The topological polar surface area (TPSA) is 82.2 Å². The van der Waals surface area contributed by atoms with E-state index in [4.69, 9.17) is 23.9 Å². The number of unbranched alkanes of at least 4 members (excludes halogenated alkanes) is 1. The highest BCUT2D eigenvalue weighted by atomic mass is 16.6. The van der Waals surface area contributed by atoms with Gasteiger partial charge in [0.25, 0.3) is 0 Å². The number of carbonyl (C=O) groups is 1. The van der Waals surface area contributed by atoms with E-state index in [1.165, 1.54) is 17.5 Å². The number of aryl methyl sites for hydroxylation is 2. The second-order valence-corrected chi connectivity index (χ2v) is 13.8. The van der Waals surface area contributed by atoms with E-state index in [2.05, 4.69) is 48.3 Å². The highest BCUT2D eigenvalue weighted by Gasteiger charge is 2.40. The molecule has 0 radical (unpaired) electrons. The molecule has 8 nitrogen and oxygen atoms in total. The van der Waals surface area contributed by atoms with Crippen LogP contribution in [0.4, 0.5) is 5.82 Å². The summed E-state index contributed by atoms with van der Waals surface area (Å²) in [6.45, 7) is 13.6. The Labute approximate surface area is 257 Å². The summed E-state index contributed by atoms with van der Waals surface area (Å²) in [7, 11) is 1.72. The molecule has 0 saturated carbocycles. The smallest absolute Gasteiger partial charge is 0.328 e. The third-order valence-electron chi connectivity index (χ3n) is 9.04. The van der Waals surface area contributed by atoms with Crippen molar-refractivity contribution in [2.45, 2.75) is 116 Å². The fourth-order valence-corrected chi connectivity index (χ4v) is 6.43. The molecular weight excluding hydrogens is 542 g/mol. The molecule has 2 aromatic rings. The summed E-state index contributed by atoms with van der Waals surface area (Å²) < 4.78 is 24.3. The van der Waals surface area contributed by atoms with Gasteiger partial charge in [0.15, 0.2) is 0 Å². The maximum atomic E-state index is 13.8. The third kappa shape index (κ3) is 7.96. The van der Waals surface area contributed by atoms with Gasteiger partial charge in [0.1, 0.15) is 17.5 Å². The summed E-state index contributed by atoms with van der Waals surface area (Å²) in [4.78, 5) is 20.9. The fourth-order valence-electron chi connectivity index (χ4n) is 6.43. The number of nitrogens with one attached hydrogen (secondary N) is 1. The number of nitrogens with zero attached hydrogens (tertiary/aromatic N) is 2. The first kappa shape index (κ1) is 31.9. The average molecular weight is 594 g/mol. The monoisotopic (exact) mass is 593 g/mol. The van der Waals surface area contributed by atoms with Crippen LogP contribution >= 0.6 is 0 Å². The number of fused-ring (bicyclic) bond motifs is 2. The van der Waals surface area contributed by atoms with Crippen molar-refractivity contribution in [3.8, 4) is 0 Å². The summed E-state index contributed by atoms with van der Waals surface area (Å²) in [5.41, 5.74) is 4.78. The van der Waals surface area contributed by atoms with E-state index < -0.39 is 17.2 Å². The minimum Gasteiger partial charge on any atom is -0.459 e. The van der Waals surface area contributed by atoms with Crippen LogP contribution in [-0.2, 0) is 49.6 Å².